The molecule has 0 aromatic carbocycles. The summed E-state index contributed by atoms with van der Waals surface area (Å²) in [5.74, 6) is -0.0635. The quantitative estimate of drug-likeness (QED) is 0.0688. The zero-order valence-electron chi connectivity index (χ0n) is 23.4. The highest BCUT2D eigenvalue weighted by Gasteiger charge is 2.36. The number of methoxy groups -OCH3 is 1. The number of esters is 1. The van der Waals surface area contributed by atoms with Gasteiger partial charge < -0.3 is 38.5 Å². The number of carbonyl (C=O) groups excluding carboxylic acids is 1. The smallest absolute Gasteiger partial charge is 0.330 e. The first kappa shape index (κ1) is 34.4. The first-order valence-corrected chi connectivity index (χ1v) is 14.3. The first-order chi connectivity index (χ1) is 17.6. The van der Waals surface area contributed by atoms with E-state index in [2.05, 4.69) is 15.3 Å². The number of aliphatic hydroxyl groups excluding tert-OH is 2. The Bertz CT molecular complexity index is 885. The Morgan fingerprint density at radius 3 is 2.29 bits per heavy atom. The van der Waals surface area contributed by atoms with Crippen LogP contribution in [0.1, 0.15) is 45.4 Å². The van der Waals surface area contributed by atoms with Crippen LogP contribution in [-0.4, -0.2) is 91.1 Å². The van der Waals surface area contributed by atoms with Crippen LogP contribution >= 0.6 is 7.82 Å². The summed E-state index contributed by atoms with van der Waals surface area (Å²) in [4.78, 5) is 23.6. The van der Waals surface area contributed by atoms with Crippen LogP contribution in [0, 0.1) is 5.92 Å². The van der Waals surface area contributed by atoms with Crippen LogP contribution in [0.5, 0.6) is 0 Å². The summed E-state index contributed by atoms with van der Waals surface area (Å²) in [6.07, 6.45) is 14.4. The number of carbonyl (C=O) groups is 1. The predicted molar refractivity (Wildman–Crippen MR) is 144 cm³/mol. The molecule has 218 valence electrons. The minimum Gasteiger partial charge on any atom is -0.756 e. The molecule has 0 aliphatic heterocycles. The van der Waals surface area contributed by atoms with Gasteiger partial charge >= 0.3 is 5.97 Å². The van der Waals surface area contributed by atoms with E-state index in [-0.39, 0.29) is 10.9 Å². The van der Waals surface area contributed by atoms with Gasteiger partial charge in [-0.25, -0.2) is 4.79 Å². The standard InChI is InChI=1S/C27H46NO9P/c1-27(32,19-18-24(30)23(28(2,3)4)16-17-26(31)35-5)25(37-38(33,34)36-6)20-22(29)15-11-10-14-21-12-8-7-9-13-21/h10-11,14-19,21-25,29-30,32H,7-9,12-13,20H2,1-6H3/b14-10-,15-11-,17-16+,19-18+/t22?,23-,24-,25+,27+/m0/s1. The summed E-state index contributed by atoms with van der Waals surface area (Å²) < 4.78 is 26.4. The van der Waals surface area contributed by atoms with Crippen LogP contribution in [0.25, 0.3) is 0 Å². The van der Waals surface area contributed by atoms with Crippen LogP contribution in [0.2, 0.25) is 0 Å². The molecule has 0 aromatic heterocycles. The van der Waals surface area contributed by atoms with Crippen LogP contribution in [0.15, 0.2) is 48.6 Å². The number of quaternary nitrogens is 1. The van der Waals surface area contributed by atoms with Gasteiger partial charge in [-0.05, 0) is 31.8 Å². The lowest BCUT2D eigenvalue weighted by atomic mass is 9.89. The van der Waals surface area contributed by atoms with Gasteiger partial charge in [0.25, 0.3) is 7.82 Å². The summed E-state index contributed by atoms with van der Waals surface area (Å²) >= 11 is 0. The van der Waals surface area contributed by atoms with E-state index in [1.165, 1.54) is 63.7 Å². The molecule has 2 unspecified atom stereocenters. The van der Waals surface area contributed by atoms with Crippen LogP contribution < -0.4 is 4.89 Å². The maximum absolute atomic E-state index is 12.1. The molecule has 0 saturated heterocycles. The van der Waals surface area contributed by atoms with Gasteiger partial charge in [-0.3, -0.25) is 4.57 Å². The average Bonchev–Trinajstić information content (AvgIpc) is 2.84. The minimum absolute atomic E-state index is 0.235. The van der Waals surface area contributed by atoms with Gasteiger partial charge in [0.05, 0.1) is 34.4 Å². The van der Waals surface area contributed by atoms with Crippen molar-refractivity contribution in [2.24, 2.45) is 5.92 Å². The van der Waals surface area contributed by atoms with Crippen molar-refractivity contribution in [2.45, 2.75) is 75.4 Å². The third kappa shape index (κ3) is 13.0. The van der Waals surface area contributed by atoms with E-state index in [0.717, 1.165) is 20.0 Å². The Labute approximate surface area is 227 Å². The molecule has 0 heterocycles. The molecule has 6 atom stereocenters. The molecule has 0 amide bonds. The summed E-state index contributed by atoms with van der Waals surface area (Å²) in [6, 6.07) is -0.602. The van der Waals surface area contributed by atoms with Crippen LogP contribution in [-0.2, 0) is 23.1 Å². The van der Waals surface area contributed by atoms with Crippen molar-refractivity contribution in [1.82, 2.24) is 0 Å². The molecule has 10 nitrogen and oxygen atoms in total. The fourth-order valence-corrected chi connectivity index (χ4v) is 4.91. The van der Waals surface area contributed by atoms with Gasteiger partial charge in [0, 0.05) is 19.6 Å². The topological polar surface area (TPSA) is 146 Å². The highest BCUT2D eigenvalue weighted by Crippen LogP contribution is 2.42. The van der Waals surface area contributed by atoms with Gasteiger partial charge in [-0.15, -0.1) is 0 Å². The number of likely N-dealkylation sites (N-methyl/N-ethyl adjacent to an activating group) is 1. The number of allylic oxidation sites excluding steroid dienone is 3. The van der Waals surface area contributed by atoms with Crippen molar-refractivity contribution in [3.05, 3.63) is 48.6 Å². The minimum atomic E-state index is -4.77. The van der Waals surface area contributed by atoms with E-state index in [4.69, 9.17) is 4.52 Å². The number of ether oxygens (including phenoxy) is 1. The van der Waals surface area contributed by atoms with Gasteiger partial charge in [0.1, 0.15) is 23.9 Å². The van der Waals surface area contributed by atoms with Crippen molar-refractivity contribution in [3.8, 4) is 0 Å². The largest absolute Gasteiger partial charge is 0.756 e. The number of phosphoric ester groups is 1. The van der Waals surface area contributed by atoms with Gasteiger partial charge in [0.2, 0.25) is 0 Å². The monoisotopic (exact) mass is 559 g/mol. The Kier molecular flexibility index (Phi) is 14.3. The molecule has 38 heavy (non-hydrogen) atoms. The fourth-order valence-electron chi connectivity index (χ4n) is 4.22. The summed E-state index contributed by atoms with van der Waals surface area (Å²) in [5, 5.41) is 32.5. The van der Waals surface area contributed by atoms with Gasteiger partial charge in [-0.1, -0.05) is 55.7 Å². The molecule has 1 rings (SSSR count). The molecule has 3 N–H and O–H groups in total. The number of nitrogens with zero attached hydrogens (tertiary/aromatic N) is 1. The predicted octanol–water partition coefficient (Wildman–Crippen LogP) is 2.40. The Morgan fingerprint density at radius 2 is 1.74 bits per heavy atom. The molecule has 0 radical (unpaired) electrons. The molecule has 0 bridgehead atoms. The van der Waals surface area contributed by atoms with E-state index in [0.29, 0.717) is 5.92 Å². The van der Waals surface area contributed by atoms with Crippen molar-refractivity contribution in [3.63, 3.8) is 0 Å². The first-order valence-electron chi connectivity index (χ1n) is 12.9. The SMILES string of the molecule is COC(=O)/C=C/[C@@H]([C@@H](O)/C=C/[C@@](C)(O)[C@@H](CC(O)/C=C\C=C/C1CCCCC1)OP(=O)([O-])OC)[N+](C)(C)C. The van der Waals surface area contributed by atoms with E-state index >= 15 is 0 Å². The second-order valence-electron chi connectivity index (χ2n) is 10.8. The summed E-state index contributed by atoms with van der Waals surface area (Å²) in [7, 11) is 2.84. The molecular formula is C27H46NO9P. The zero-order valence-corrected chi connectivity index (χ0v) is 24.3. The summed E-state index contributed by atoms with van der Waals surface area (Å²) in [5.41, 5.74) is -1.92. The van der Waals surface area contributed by atoms with Crippen molar-refractivity contribution < 1.29 is 47.8 Å². The maximum atomic E-state index is 12.1. The number of hydrogen-bond acceptors (Lipinski definition) is 9. The molecule has 1 aliphatic rings. The molecule has 0 aromatic rings. The molecule has 11 heteroatoms. The normalized spacial score (nSPS) is 22.5. The number of phosphoric acid groups is 1. The van der Waals surface area contributed by atoms with Crippen molar-refractivity contribution >= 4 is 13.8 Å². The highest BCUT2D eigenvalue weighted by atomic mass is 31.2. The number of rotatable bonds is 15. The molecule has 1 fully saturated rings. The number of aliphatic hydroxyl groups is 3. The Morgan fingerprint density at radius 1 is 1.11 bits per heavy atom. The Balaban J connectivity index is 3.04. The second-order valence-corrected chi connectivity index (χ2v) is 12.2. The molecule has 1 aliphatic carbocycles. The van der Waals surface area contributed by atoms with Crippen LogP contribution in [0.3, 0.4) is 0 Å². The van der Waals surface area contributed by atoms with Gasteiger partial charge in [-0.2, -0.15) is 0 Å². The van der Waals surface area contributed by atoms with Crippen molar-refractivity contribution in [1.29, 1.82) is 0 Å². The van der Waals surface area contributed by atoms with Crippen molar-refractivity contribution in [2.75, 3.05) is 35.4 Å². The molecule has 1 saturated carbocycles. The van der Waals surface area contributed by atoms with E-state index in [1.54, 1.807) is 6.08 Å². The molecular weight excluding hydrogens is 513 g/mol. The van der Waals surface area contributed by atoms with E-state index < -0.39 is 43.7 Å². The maximum Gasteiger partial charge on any atom is 0.330 e. The highest BCUT2D eigenvalue weighted by molar-refractivity contribution is 7.45. The zero-order chi connectivity index (χ0) is 29.0. The third-order valence-electron chi connectivity index (χ3n) is 6.57. The second kappa shape index (κ2) is 15.8. The van der Waals surface area contributed by atoms with E-state index in [1.807, 2.05) is 27.2 Å². The number of hydrogen-bond donors (Lipinski definition) is 3. The third-order valence-corrected chi connectivity index (χ3v) is 7.53. The fraction of sp³-hybridized carbons (Fsp3) is 0.667. The summed E-state index contributed by atoms with van der Waals surface area (Å²) in [6.45, 7) is 1.31. The lowest BCUT2D eigenvalue weighted by molar-refractivity contribution is -0.891. The lowest BCUT2D eigenvalue weighted by Gasteiger charge is -2.36. The molecule has 0 spiro atoms. The van der Waals surface area contributed by atoms with E-state index in [9.17, 15) is 29.6 Å². The Hall–Kier alpha value is -1.62. The van der Waals surface area contributed by atoms with Gasteiger partial charge in [0.15, 0.2) is 0 Å². The average molecular weight is 560 g/mol. The lowest BCUT2D eigenvalue weighted by Crippen LogP contribution is -2.50. The van der Waals surface area contributed by atoms with Crippen LogP contribution in [0.4, 0.5) is 0 Å².